The van der Waals surface area contributed by atoms with Gasteiger partial charge in [-0.25, -0.2) is 0 Å². The van der Waals surface area contributed by atoms with Crippen molar-refractivity contribution in [2.45, 2.75) is 64.3 Å². The van der Waals surface area contributed by atoms with Crippen LogP contribution < -0.4 is 5.32 Å². The molecule has 3 rings (SSSR count). The third kappa shape index (κ3) is 3.77. The van der Waals surface area contributed by atoms with Crippen molar-refractivity contribution in [3.8, 4) is 0 Å². The standard InChI is InChI=1S/C18H29N3O2/c1-12(2)21-17(15-6-7-15)16(10-20-21)18(23)19-9-13-4-3-5-14(8-13)11-22/h10,12-15,22H,3-9,11H2,1-2H3,(H,19,23)/t13-,14+/m0/s1. The van der Waals surface area contributed by atoms with Gasteiger partial charge < -0.3 is 10.4 Å². The number of aliphatic hydroxyl groups excluding tert-OH is 1. The predicted molar refractivity (Wildman–Crippen MR) is 89.5 cm³/mol. The summed E-state index contributed by atoms with van der Waals surface area (Å²) in [6, 6.07) is 0.288. The SMILES string of the molecule is CC(C)n1ncc(C(=O)NC[C@H]2CCC[C@@H](CO)C2)c1C1CC1. The molecule has 1 aromatic rings. The van der Waals surface area contributed by atoms with Crippen molar-refractivity contribution < 1.29 is 9.90 Å². The molecule has 1 amide bonds. The van der Waals surface area contributed by atoms with Crippen molar-refractivity contribution in [2.24, 2.45) is 11.8 Å². The second kappa shape index (κ2) is 7.04. The summed E-state index contributed by atoms with van der Waals surface area (Å²) in [5.74, 6) is 1.43. The number of nitrogens with one attached hydrogen (secondary N) is 1. The van der Waals surface area contributed by atoms with E-state index in [0.717, 1.165) is 36.9 Å². The number of carbonyl (C=O) groups excluding carboxylic acids is 1. The van der Waals surface area contributed by atoms with Gasteiger partial charge in [-0.1, -0.05) is 6.42 Å². The van der Waals surface area contributed by atoms with Gasteiger partial charge in [0.2, 0.25) is 0 Å². The zero-order valence-corrected chi connectivity index (χ0v) is 14.3. The third-order valence-corrected chi connectivity index (χ3v) is 5.23. The number of hydrogen-bond donors (Lipinski definition) is 2. The molecule has 2 aliphatic rings. The van der Waals surface area contributed by atoms with Crippen molar-refractivity contribution in [1.29, 1.82) is 0 Å². The summed E-state index contributed by atoms with van der Waals surface area (Å²) in [6.07, 6.45) is 8.52. The molecule has 2 saturated carbocycles. The van der Waals surface area contributed by atoms with Crippen molar-refractivity contribution in [3.63, 3.8) is 0 Å². The lowest BCUT2D eigenvalue weighted by atomic mass is 9.82. The number of amides is 1. The first-order chi connectivity index (χ1) is 11.1. The number of aromatic nitrogens is 2. The Morgan fingerprint density at radius 3 is 2.74 bits per heavy atom. The summed E-state index contributed by atoms with van der Waals surface area (Å²) < 4.78 is 2.01. The number of rotatable bonds is 6. The van der Waals surface area contributed by atoms with Crippen LogP contribution in [0.2, 0.25) is 0 Å². The van der Waals surface area contributed by atoms with Crippen LogP contribution in [0.4, 0.5) is 0 Å². The number of carbonyl (C=O) groups is 1. The summed E-state index contributed by atoms with van der Waals surface area (Å²) in [7, 11) is 0. The highest BCUT2D eigenvalue weighted by atomic mass is 16.3. The molecule has 0 aliphatic heterocycles. The molecule has 2 aliphatic carbocycles. The number of hydrogen-bond acceptors (Lipinski definition) is 3. The first-order valence-electron chi connectivity index (χ1n) is 9.06. The highest BCUT2D eigenvalue weighted by molar-refractivity contribution is 5.95. The predicted octanol–water partition coefficient (Wildman–Crippen LogP) is 2.87. The molecule has 1 heterocycles. The number of aliphatic hydroxyl groups is 1. The van der Waals surface area contributed by atoms with E-state index in [2.05, 4.69) is 24.3 Å². The minimum Gasteiger partial charge on any atom is -0.396 e. The van der Waals surface area contributed by atoms with Crippen LogP contribution >= 0.6 is 0 Å². The van der Waals surface area contributed by atoms with Crippen molar-refractivity contribution in [1.82, 2.24) is 15.1 Å². The quantitative estimate of drug-likeness (QED) is 0.847. The Labute approximate surface area is 138 Å². The van der Waals surface area contributed by atoms with Gasteiger partial charge in [0.05, 0.1) is 17.5 Å². The first kappa shape index (κ1) is 16.5. The van der Waals surface area contributed by atoms with Crippen LogP contribution in [-0.2, 0) is 0 Å². The monoisotopic (exact) mass is 319 g/mol. The van der Waals surface area contributed by atoms with Crippen LogP contribution in [0.3, 0.4) is 0 Å². The fourth-order valence-corrected chi connectivity index (χ4v) is 3.81. The van der Waals surface area contributed by atoms with Crippen LogP contribution in [0.25, 0.3) is 0 Å². The smallest absolute Gasteiger partial charge is 0.254 e. The first-order valence-corrected chi connectivity index (χ1v) is 9.06. The second-order valence-electron chi connectivity index (χ2n) is 7.55. The van der Waals surface area contributed by atoms with Gasteiger partial charge in [0.1, 0.15) is 0 Å². The van der Waals surface area contributed by atoms with E-state index in [4.69, 9.17) is 0 Å². The Morgan fingerprint density at radius 2 is 2.09 bits per heavy atom. The molecule has 2 atom stereocenters. The summed E-state index contributed by atoms with van der Waals surface area (Å²) in [6.45, 7) is 5.21. The molecule has 2 N–H and O–H groups in total. The number of nitrogens with zero attached hydrogens (tertiary/aromatic N) is 2. The highest BCUT2D eigenvalue weighted by Crippen LogP contribution is 2.42. The minimum atomic E-state index is 0.0184. The molecule has 0 bridgehead atoms. The van der Waals surface area contributed by atoms with Crippen LogP contribution in [-0.4, -0.2) is 33.9 Å². The lowest BCUT2D eigenvalue weighted by Gasteiger charge is -2.28. The lowest BCUT2D eigenvalue weighted by molar-refractivity contribution is 0.0933. The molecule has 0 radical (unpaired) electrons. The molecule has 0 aromatic carbocycles. The van der Waals surface area contributed by atoms with Gasteiger partial charge in [0.15, 0.2) is 0 Å². The van der Waals surface area contributed by atoms with Crippen LogP contribution in [0.1, 0.15) is 80.4 Å². The lowest BCUT2D eigenvalue weighted by Crippen LogP contribution is -2.32. The Bertz CT molecular complexity index is 548. The fourth-order valence-electron chi connectivity index (χ4n) is 3.81. The van der Waals surface area contributed by atoms with E-state index in [1.54, 1.807) is 6.20 Å². The van der Waals surface area contributed by atoms with E-state index in [1.807, 2.05) is 4.68 Å². The van der Waals surface area contributed by atoms with E-state index in [0.29, 0.717) is 24.3 Å². The fraction of sp³-hybridized carbons (Fsp3) is 0.778. The maximum absolute atomic E-state index is 12.6. The molecule has 2 fully saturated rings. The van der Waals surface area contributed by atoms with Gasteiger partial charge in [-0.2, -0.15) is 5.10 Å². The molecule has 23 heavy (non-hydrogen) atoms. The molecule has 5 heteroatoms. The Morgan fingerprint density at radius 1 is 1.35 bits per heavy atom. The molecule has 0 unspecified atom stereocenters. The van der Waals surface area contributed by atoms with E-state index in [-0.39, 0.29) is 18.6 Å². The van der Waals surface area contributed by atoms with E-state index < -0.39 is 0 Å². The second-order valence-corrected chi connectivity index (χ2v) is 7.55. The Kier molecular flexibility index (Phi) is 5.05. The zero-order valence-electron chi connectivity index (χ0n) is 14.3. The maximum atomic E-state index is 12.6. The molecular weight excluding hydrogens is 290 g/mol. The van der Waals surface area contributed by atoms with Crippen LogP contribution in [0, 0.1) is 11.8 Å². The summed E-state index contributed by atoms with van der Waals surface area (Å²) >= 11 is 0. The molecule has 0 saturated heterocycles. The van der Waals surface area contributed by atoms with Gasteiger partial charge in [-0.3, -0.25) is 9.48 Å². The van der Waals surface area contributed by atoms with Crippen LogP contribution in [0.15, 0.2) is 6.20 Å². The molecular formula is C18H29N3O2. The minimum absolute atomic E-state index is 0.0184. The highest BCUT2D eigenvalue weighted by Gasteiger charge is 2.33. The summed E-state index contributed by atoms with van der Waals surface area (Å²) in [5.41, 5.74) is 1.88. The largest absolute Gasteiger partial charge is 0.396 e. The molecule has 1 aromatic heterocycles. The Hall–Kier alpha value is -1.36. The summed E-state index contributed by atoms with van der Waals surface area (Å²) in [5, 5.41) is 16.9. The summed E-state index contributed by atoms with van der Waals surface area (Å²) in [4.78, 5) is 12.6. The van der Waals surface area contributed by atoms with Gasteiger partial charge in [0, 0.05) is 25.1 Å². The van der Waals surface area contributed by atoms with Gasteiger partial charge in [0.25, 0.3) is 5.91 Å². The average molecular weight is 319 g/mol. The van der Waals surface area contributed by atoms with Crippen molar-refractivity contribution >= 4 is 5.91 Å². The average Bonchev–Trinajstić information content (AvgIpc) is 3.30. The van der Waals surface area contributed by atoms with Gasteiger partial charge in [-0.05, 0) is 57.8 Å². The molecule has 128 valence electrons. The van der Waals surface area contributed by atoms with Gasteiger partial charge >= 0.3 is 0 Å². The van der Waals surface area contributed by atoms with E-state index >= 15 is 0 Å². The third-order valence-electron chi connectivity index (χ3n) is 5.23. The van der Waals surface area contributed by atoms with Crippen LogP contribution in [0.5, 0.6) is 0 Å². The Balaban J connectivity index is 1.62. The molecule has 5 nitrogen and oxygen atoms in total. The van der Waals surface area contributed by atoms with Crippen molar-refractivity contribution in [3.05, 3.63) is 17.5 Å². The normalized spacial score (nSPS) is 24.9. The molecule has 0 spiro atoms. The van der Waals surface area contributed by atoms with Crippen molar-refractivity contribution in [2.75, 3.05) is 13.2 Å². The van der Waals surface area contributed by atoms with Gasteiger partial charge in [-0.15, -0.1) is 0 Å². The van der Waals surface area contributed by atoms with E-state index in [1.165, 1.54) is 12.8 Å². The zero-order chi connectivity index (χ0) is 16.4. The maximum Gasteiger partial charge on any atom is 0.254 e. The topological polar surface area (TPSA) is 67.2 Å². The van der Waals surface area contributed by atoms with E-state index in [9.17, 15) is 9.90 Å².